The summed E-state index contributed by atoms with van der Waals surface area (Å²) in [6, 6.07) is 6.60. The molecule has 108 valence electrons. The number of rotatable bonds is 4. The van der Waals surface area contributed by atoms with Gasteiger partial charge in [0.25, 0.3) is 0 Å². The van der Waals surface area contributed by atoms with Crippen LogP contribution in [0.15, 0.2) is 29.2 Å². The Morgan fingerprint density at radius 2 is 1.84 bits per heavy atom. The highest BCUT2D eigenvalue weighted by Gasteiger charge is 2.37. The van der Waals surface area contributed by atoms with Crippen LogP contribution < -0.4 is 5.14 Å². The molecule has 0 aliphatic carbocycles. The first kappa shape index (κ1) is 16.4. The molecular formula is C13H23NO3SSi. The van der Waals surface area contributed by atoms with Crippen molar-refractivity contribution in [3.8, 4) is 0 Å². The van der Waals surface area contributed by atoms with Gasteiger partial charge in [0.05, 0.1) is 11.5 Å². The minimum atomic E-state index is -3.65. The minimum Gasteiger partial charge on any atom is -0.413 e. The van der Waals surface area contributed by atoms with Crippen LogP contribution >= 0.6 is 0 Å². The zero-order valence-electron chi connectivity index (χ0n) is 12.2. The Hall–Kier alpha value is -0.693. The second kappa shape index (κ2) is 5.36. The first-order valence-electron chi connectivity index (χ1n) is 6.19. The second-order valence-corrected chi connectivity index (χ2v) is 12.6. The van der Waals surface area contributed by atoms with Crippen LogP contribution in [0.5, 0.6) is 0 Å². The van der Waals surface area contributed by atoms with Gasteiger partial charge in [-0.05, 0) is 35.8 Å². The summed E-state index contributed by atoms with van der Waals surface area (Å²) in [4.78, 5) is 0.129. The van der Waals surface area contributed by atoms with Gasteiger partial charge in [0, 0.05) is 0 Å². The van der Waals surface area contributed by atoms with Crippen LogP contribution in [0, 0.1) is 0 Å². The number of hydrogen-bond donors (Lipinski definition) is 1. The molecule has 19 heavy (non-hydrogen) atoms. The highest BCUT2D eigenvalue weighted by Crippen LogP contribution is 2.37. The van der Waals surface area contributed by atoms with E-state index in [1.807, 2.05) is 6.07 Å². The van der Waals surface area contributed by atoms with Gasteiger partial charge >= 0.3 is 0 Å². The lowest BCUT2D eigenvalue weighted by Gasteiger charge is -2.36. The average molecular weight is 301 g/mol. The number of primary sulfonamides is 1. The molecule has 0 bridgehead atoms. The van der Waals surface area contributed by atoms with E-state index >= 15 is 0 Å². The van der Waals surface area contributed by atoms with Crippen molar-refractivity contribution in [3.05, 3.63) is 29.8 Å². The van der Waals surface area contributed by atoms with Gasteiger partial charge in [-0.1, -0.05) is 32.9 Å². The highest BCUT2D eigenvalue weighted by atomic mass is 32.2. The van der Waals surface area contributed by atoms with Gasteiger partial charge in [0.1, 0.15) is 0 Å². The third-order valence-electron chi connectivity index (χ3n) is 3.63. The number of nitrogens with two attached hydrogens (primary N) is 1. The summed E-state index contributed by atoms with van der Waals surface area (Å²) in [6.07, 6.45) is 0. The van der Waals surface area contributed by atoms with E-state index in [1.54, 1.807) is 12.1 Å². The van der Waals surface area contributed by atoms with Crippen LogP contribution in [-0.2, 0) is 21.1 Å². The fourth-order valence-electron chi connectivity index (χ4n) is 1.29. The van der Waals surface area contributed by atoms with E-state index in [0.29, 0.717) is 6.61 Å². The molecule has 1 aromatic rings. The van der Waals surface area contributed by atoms with Crippen LogP contribution in [0.3, 0.4) is 0 Å². The number of benzene rings is 1. The molecule has 1 aromatic carbocycles. The van der Waals surface area contributed by atoms with Gasteiger partial charge < -0.3 is 4.43 Å². The van der Waals surface area contributed by atoms with Crippen molar-refractivity contribution in [1.29, 1.82) is 0 Å². The van der Waals surface area contributed by atoms with Crippen molar-refractivity contribution >= 4 is 18.3 Å². The lowest BCUT2D eigenvalue weighted by molar-refractivity contribution is 0.276. The molecule has 6 heteroatoms. The first-order chi connectivity index (χ1) is 8.43. The molecule has 0 spiro atoms. The lowest BCUT2D eigenvalue weighted by Crippen LogP contribution is -2.40. The molecule has 0 fully saturated rings. The summed E-state index contributed by atoms with van der Waals surface area (Å²) in [6.45, 7) is 11.2. The molecule has 0 heterocycles. The van der Waals surface area contributed by atoms with Gasteiger partial charge in [-0.25, -0.2) is 13.6 Å². The normalized spacial score (nSPS) is 13.6. The van der Waals surface area contributed by atoms with Crippen molar-refractivity contribution < 1.29 is 12.8 Å². The summed E-state index contributed by atoms with van der Waals surface area (Å²) in [5, 5.41) is 5.25. The molecule has 0 aliphatic heterocycles. The zero-order valence-corrected chi connectivity index (χ0v) is 14.0. The maximum atomic E-state index is 11.3. The van der Waals surface area contributed by atoms with Crippen LogP contribution in [0.4, 0.5) is 0 Å². The predicted octanol–water partition coefficient (Wildman–Crippen LogP) is 2.86. The molecule has 4 nitrogen and oxygen atoms in total. The van der Waals surface area contributed by atoms with Crippen LogP contribution in [0.25, 0.3) is 0 Å². The highest BCUT2D eigenvalue weighted by molar-refractivity contribution is 7.89. The predicted molar refractivity (Wildman–Crippen MR) is 79.8 cm³/mol. The van der Waals surface area contributed by atoms with Crippen molar-refractivity contribution in [3.63, 3.8) is 0 Å². The topological polar surface area (TPSA) is 69.4 Å². The molecule has 0 saturated carbocycles. The monoisotopic (exact) mass is 301 g/mol. The Balaban J connectivity index is 2.86. The molecule has 0 amide bonds. The van der Waals surface area contributed by atoms with Crippen molar-refractivity contribution in [1.82, 2.24) is 0 Å². The largest absolute Gasteiger partial charge is 0.413 e. The smallest absolute Gasteiger partial charge is 0.238 e. The Bertz CT molecular complexity index is 547. The molecule has 0 radical (unpaired) electrons. The summed E-state index contributed by atoms with van der Waals surface area (Å²) in [5.41, 5.74) is 0.830. The molecule has 0 atom stereocenters. The van der Waals surface area contributed by atoms with E-state index in [4.69, 9.17) is 9.56 Å². The van der Waals surface area contributed by atoms with Gasteiger partial charge in [0.2, 0.25) is 10.0 Å². The van der Waals surface area contributed by atoms with Crippen molar-refractivity contribution in [2.45, 2.75) is 50.4 Å². The summed E-state index contributed by atoms with van der Waals surface area (Å²) >= 11 is 0. The average Bonchev–Trinajstić information content (AvgIpc) is 2.24. The maximum Gasteiger partial charge on any atom is 0.238 e. The maximum absolute atomic E-state index is 11.3. The molecule has 0 aliphatic rings. The minimum absolute atomic E-state index is 0.129. The van der Waals surface area contributed by atoms with E-state index < -0.39 is 18.3 Å². The molecule has 0 aromatic heterocycles. The van der Waals surface area contributed by atoms with E-state index in [1.165, 1.54) is 6.07 Å². The Labute approximate surface area is 117 Å². The Morgan fingerprint density at radius 1 is 1.26 bits per heavy atom. The molecule has 2 N–H and O–H groups in total. The van der Waals surface area contributed by atoms with E-state index in [0.717, 1.165) is 5.56 Å². The lowest BCUT2D eigenvalue weighted by atomic mass is 10.2. The summed E-state index contributed by atoms with van der Waals surface area (Å²) < 4.78 is 28.6. The third-order valence-corrected chi connectivity index (χ3v) is 9.02. The Morgan fingerprint density at radius 3 is 2.32 bits per heavy atom. The fraction of sp³-hybridized carbons (Fsp3) is 0.538. The van der Waals surface area contributed by atoms with Crippen LogP contribution in [0.1, 0.15) is 26.3 Å². The molecular weight excluding hydrogens is 278 g/mol. The Kier molecular flexibility index (Phi) is 4.61. The van der Waals surface area contributed by atoms with Gasteiger partial charge in [-0.15, -0.1) is 0 Å². The second-order valence-electron chi connectivity index (χ2n) is 6.24. The number of sulfonamides is 1. The quantitative estimate of drug-likeness (QED) is 0.869. The molecule has 0 saturated heterocycles. The third kappa shape index (κ3) is 4.41. The fourth-order valence-corrected chi connectivity index (χ4v) is 2.84. The van der Waals surface area contributed by atoms with Crippen LogP contribution in [0.2, 0.25) is 18.1 Å². The summed E-state index contributed by atoms with van der Waals surface area (Å²) in [7, 11) is -5.48. The summed E-state index contributed by atoms with van der Waals surface area (Å²) in [5.74, 6) is 0. The molecule has 1 rings (SSSR count). The van der Waals surface area contributed by atoms with Gasteiger partial charge in [-0.3, -0.25) is 0 Å². The van der Waals surface area contributed by atoms with Crippen molar-refractivity contribution in [2.75, 3.05) is 0 Å². The van der Waals surface area contributed by atoms with Gasteiger partial charge in [0.15, 0.2) is 8.32 Å². The molecule has 0 unspecified atom stereocenters. The number of hydrogen-bond acceptors (Lipinski definition) is 3. The van der Waals surface area contributed by atoms with Gasteiger partial charge in [-0.2, -0.15) is 0 Å². The first-order valence-corrected chi connectivity index (χ1v) is 10.6. The van der Waals surface area contributed by atoms with Crippen molar-refractivity contribution in [2.24, 2.45) is 5.14 Å². The SMILES string of the molecule is CC(C)(C)[Si](C)(C)OCc1cccc(S(N)(=O)=O)c1. The van der Waals surface area contributed by atoms with Crippen LogP contribution in [-0.4, -0.2) is 16.7 Å². The standard InChI is InChI=1S/C13H23NO3SSi/c1-13(2,3)19(4,5)17-10-11-7-6-8-12(9-11)18(14,15)16/h6-9H,10H2,1-5H3,(H2,14,15,16). The van der Waals surface area contributed by atoms with E-state index in [2.05, 4.69) is 33.9 Å². The van der Waals surface area contributed by atoms with E-state index in [-0.39, 0.29) is 9.93 Å². The van der Waals surface area contributed by atoms with E-state index in [9.17, 15) is 8.42 Å². The zero-order chi connectivity index (χ0) is 14.9.